The molecular formula is C21H33N3OSn. The molecule has 2 aromatic rings. The molecule has 0 aliphatic carbocycles. The van der Waals surface area contributed by atoms with Crippen LogP contribution in [0.15, 0.2) is 24.3 Å². The second-order valence-electron chi connectivity index (χ2n) is 7.36. The zero-order chi connectivity index (χ0) is 19.0. The summed E-state index contributed by atoms with van der Waals surface area (Å²) < 4.78 is 4.79. The number of para-hydroxylation sites is 2. The van der Waals surface area contributed by atoms with Gasteiger partial charge in [0, 0.05) is 0 Å². The van der Waals surface area contributed by atoms with E-state index in [-0.39, 0.29) is 0 Å². The number of fused-ring (bicyclic) bond motifs is 1. The fourth-order valence-electron chi connectivity index (χ4n) is 3.82. The number of amides is 1. The van der Waals surface area contributed by atoms with E-state index in [4.69, 9.17) is 10.7 Å². The predicted molar refractivity (Wildman–Crippen MR) is 113 cm³/mol. The molecule has 0 saturated carbocycles. The second-order valence-corrected chi connectivity index (χ2v) is 20.3. The van der Waals surface area contributed by atoms with E-state index in [1.807, 2.05) is 24.3 Å². The number of hydrogen-bond acceptors (Lipinski definition) is 3. The fraction of sp³-hybridized carbons (Fsp3) is 0.571. The Labute approximate surface area is 161 Å². The topological polar surface area (TPSA) is 68.9 Å². The minimum absolute atomic E-state index is 0.413. The summed E-state index contributed by atoms with van der Waals surface area (Å²) in [5, 5.41) is 0. The fourth-order valence-corrected chi connectivity index (χ4v) is 19.8. The quantitative estimate of drug-likeness (QED) is 0.489. The first-order chi connectivity index (χ1) is 12.6. The second kappa shape index (κ2) is 10.2. The van der Waals surface area contributed by atoms with Gasteiger partial charge < -0.3 is 0 Å². The normalized spacial score (nSPS) is 11.8. The molecule has 1 amide bonds. The van der Waals surface area contributed by atoms with Gasteiger partial charge in [-0.15, -0.1) is 0 Å². The molecule has 0 bridgehead atoms. The minimum atomic E-state index is -2.87. The maximum atomic E-state index is 12.3. The monoisotopic (exact) mass is 463 g/mol. The number of nitrogens with two attached hydrogens (primary N) is 1. The van der Waals surface area contributed by atoms with Crippen LogP contribution in [0, 0.1) is 0 Å². The van der Waals surface area contributed by atoms with E-state index in [0.29, 0.717) is 5.69 Å². The molecule has 5 heteroatoms. The standard InChI is InChI=1S/C9H6N3O.3C4H9.Sn/c10-9(13)8-5-11-6-3-1-2-4-7(6)12-8;3*1-3-4-2;/h1-4H,(H2,10,13);3*1,3-4H2,2H3;. The van der Waals surface area contributed by atoms with Gasteiger partial charge >= 0.3 is 162 Å². The number of benzene rings is 1. The van der Waals surface area contributed by atoms with Crippen molar-refractivity contribution in [1.82, 2.24) is 9.97 Å². The van der Waals surface area contributed by atoms with Crippen LogP contribution in [-0.4, -0.2) is 34.3 Å². The number of carbonyl (C=O) groups is 1. The van der Waals surface area contributed by atoms with Gasteiger partial charge in [-0.05, 0) is 0 Å². The summed E-state index contributed by atoms with van der Waals surface area (Å²) in [6, 6.07) is 7.85. The average Bonchev–Trinajstić information content (AvgIpc) is 2.66. The van der Waals surface area contributed by atoms with Crippen molar-refractivity contribution in [1.29, 1.82) is 0 Å². The SMILES string of the molecule is CCC[CH2][Sn]([CH2]CCC)([CH2]CCC)[c]1nc2ccccc2nc1C(N)=O. The molecule has 0 fully saturated rings. The average molecular weight is 462 g/mol. The summed E-state index contributed by atoms with van der Waals surface area (Å²) in [7, 11) is 0. The van der Waals surface area contributed by atoms with Gasteiger partial charge in [-0.2, -0.15) is 0 Å². The predicted octanol–water partition coefficient (Wildman–Crippen LogP) is 4.78. The first-order valence-corrected chi connectivity index (χ1v) is 17.6. The van der Waals surface area contributed by atoms with Gasteiger partial charge in [0.05, 0.1) is 0 Å². The number of carbonyl (C=O) groups excluding carboxylic acids is 1. The molecule has 0 aliphatic heterocycles. The van der Waals surface area contributed by atoms with E-state index < -0.39 is 24.3 Å². The van der Waals surface area contributed by atoms with Gasteiger partial charge in [-0.1, -0.05) is 0 Å². The summed E-state index contributed by atoms with van der Waals surface area (Å²) in [4.78, 5) is 22.0. The zero-order valence-corrected chi connectivity index (χ0v) is 19.4. The summed E-state index contributed by atoms with van der Waals surface area (Å²) in [6.07, 6.45) is 7.21. The Hall–Kier alpha value is -1.17. The maximum absolute atomic E-state index is 12.3. The summed E-state index contributed by atoms with van der Waals surface area (Å²) in [5.41, 5.74) is 7.91. The number of unbranched alkanes of at least 4 members (excludes halogenated alkanes) is 3. The van der Waals surface area contributed by atoms with Crippen molar-refractivity contribution in [2.24, 2.45) is 5.73 Å². The molecular weight excluding hydrogens is 429 g/mol. The van der Waals surface area contributed by atoms with Crippen LogP contribution in [0.25, 0.3) is 11.0 Å². The van der Waals surface area contributed by atoms with Gasteiger partial charge in [-0.25, -0.2) is 0 Å². The van der Waals surface area contributed by atoms with E-state index in [1.54, 1.807) is 0 Å². The van der Waals surface area contributed by atoms with Crippen LogP contribution < -0.4 is 9.44 Å². The molecule has 26 heavy (non-hydrogen) atoms. The Morgan fingerprint density at radius 2 is 1.35 bits per heavy atom. The molecule has 142 valence electrons. The van der Waals surface area contributed by atoms with Crippen molar-refractivity contribution >= 4 is 39.0 Å². The van der Waals surface area contributed by atoms with Crippen LogP contribution in [0.3, 0.4) is 0 Å². The number of nitrogens with zero attached hydrogens (tertiary/aromatic N) is 2. The van der Waals surface area contributed by atoms with Crippen LogP contribution in [0.1, 0.15) is 69.8 Å². The number of aromatic nitrogens is 2. The van der Waals surface area contributed by atoms with Crippen LogP contribution in [0.2, 0.25) is 13.3 Å². The van der Waals surface area contributed by atoms with Crippen molar-refractivity contribution in [2.75, 3.05) is 0 Å². The first kappa shape index (κ1) is 21.1. The third-order valence-electron chi connectivity index (χ3n) is 5.33. The van der Waals surface area contributed by atoms with Gasteiger partial charge in [0.25, 0.3) is 0 Å². The van der Waals surface area contributed by atoms with Crippen LogP contribution >= 0.6 is 0 Å². The van der Waals surface area contributed by atoms with Crippen LogP contribution in [-0.2, 0) is 0 Å². The molecule has 0 saturated heterocycles. The molecule has 0 aliphatic rings. The van der Waals surface area contributed by atoms with E-state index in [1.165, 1.54) is 51.8 Å². The molecule has 1 aromatic heterocycles. The third-order valence-corrected chi connectivity index (χ3v) is 20.4. The number of primary amides is 1. The summed E-state index contributed by atoms with van der Waals surface area (Å²) in [6.45, 7) is 6.74. The van der Waals surface area contributed by atoms with Gasteiger partial charge in [0.15, 0.2) is 0 Å². The Kier molecular flexibility index (Phi) is 8.32. The molecule has 2 rings (SSSR count). The van der Waals surface area contributed by atoms with Crippen molar-refractivity contribution in [2.45, 2.75) is 72.6 Å². The van der Waals surface area contributed by atoms with Gasteiger partial charge in [-0.3, -0.25) is 0 Å². The molecule has 0 spiro atoms. The molecule has 0 atom stereocenters. The Bertz CT molecular complexity index is 710. The summed E-state index contributed by atoms with van der Waals surface area (Å²) in [5.74, 6) is -0.413. The number of hydrogen-bond donors (Lipinski definition) is 1. The van der Waals surface area contributed by atoms with Crippen LogP contribution in [0.5, 0.6) is 0 Å². The molecule has 0 unspecified atom stereocenters. The molecule has 2 N–H and O–H groups in total. The summed E-state index contributed by atoms with van der Waals surface area (Å²) >= 11 is -2.87. The number of rotatable bonds is 11. The molecule has 1 heterocycles. The third kappa shape index (κ3) is 4.96. The first-order valence-electron chi connectivity index (χ1n) is 10.1. The van der Waals surface area contributed by atoms with E-state index in [0.717, 1.165) is 14.7 Å². The van der Waals surface area contributed by atoms with Gasteiger partial charge in [0.2, 0.25) is 0 Å². The van der Waals surface area contributed by atoms with Crippen LogP contribution in [0.4, 0.5) is 0 Å². The Morgan fingerprint density at radius 3 is 1.77 bits per heavy atom. The molecule has 4 nitrogen and oxygen atoms in total. The van der Waals surface area contributed by atoms with Crippen molar-refractivity contribution in [3.05, 3.63) is 30.0 Å². The van der Waals surface area contributed by atoms with E-state index in [9.17, 15) is 4.79 Å². The van der Waals surface area contributed by atoms with E-state index >= 15 is 0 Å². The molecule has 1 aromatic carbocycles. The Balaban J connectivity index is 2.65. The van der Waals surface area contributed by atoms with E-state index in [2.05, 4.69) is 25.8 Å². The van der Waals surface area contributed by atoms with Gasteiger partial charge in [0.1, 0.15) is 0 Å². The zero-order valence-electron chi connectivity index (χ0n) is 16.6. The molecule has 0 radical (unpaired) electrons. The van der Waals surface area contributed by atoms with Crippen molar-refractivity contribution in [3.63, 3.8) is 0 Å². The van der Waals surface area contributed by atoms with Crippen molar-refractivity contribution < 1.29 is 4.79 Å². The Morgan fingerprint density at radius 1 is 0.885 bits per heavy atom. The van der Waals surface area contributed by atoms with Crippen molar-refractivity contribution in [3.8, 4) is 0 Å².